The fourth-order valence-electron chi connectivity index (χ4n) is 1.71. The van der Waals surface area contributed by atoms with Crippen molar-refractivity contribution in [3.8, 4) is 0 Å². The van der Waals surface area contributed by atoms with E-state index in [1.807, 2.05) is 12.4 Å². The molecule has 0 aliphatic rings. The highest BCUT2D eigenvalue weighted by atomic mass is 32.1. The highest BCUT2D eigenvalue weighted by Gasteiger charge is 2.11. The van der Waals surface area contributed by atoms with Crippen LogP contribution in [-0.2, 0) is 0 Å². The molecule has 1 unspecified atom stereocenters. The lowest BCUT2D eigenvalue weighted by atomic mass is 10.2. The van der Waals surface area contributed by atoms with Crippen LogP contribution in [-0.4, -0.2) is 30.1 Å². The molecule has 1 atom stereocenters. The zero-order chi connectivity index (χ0) is 11.5. The summed E-state index contributed by atoms with van der Waals surface area (Å²) < 4.78 is 0. The van der Waals surface area contributed by atoms with Gasteiger partial charge in [0.1, 0.15) is 17.0 Å². The molecule has 0 amide bonds. The normalized spacial score (nSPS) is 12.9. The molecule has 0 spiro atoms. The Labute approximate surface area is 99.1 Å². The summed E-state index contributed by atoms with van der Waals surface area (Å²) in [5, 5.41) is 3.17. The molecule has 0 bridgehead atoms. The van der Waals surface area contributed by atoms with Crippen molar-refractivity contribution in [1.29, 1.82) is 0 Å². The lowest BCUT2D eigenvalue weighted by Crippen LogP contribution is -2.28. The molecule has 86 valence electrons. The van der Waals surface area contributed by atoms with Crippen LogP contribution in [0.25, 0.3) is 10.2 Å². The number of hydrogen-bond acceptors (Lipinski definition) is 5. The number of nitrogens with zero attached hydrogens (tertiary/aromatic N) is 3. The quantitative estimate of drug-likeness (QED) is 0.878. The maximum Gasteiger partial charge on any atom is 0.140 e. The predicted molar refractivity (Wildman–Crippen MR) is 68.9 cm³/mol. The molecule has 2 aromatic rings. The number of thiophene rings is 1. The van der Waals surface area contributed by atoms with E-state index >= 15 is 0 Å². The van der Waals surface area contributed by atoms with Crippen molar-refractivity contribution in [3.63, 3.8) is 0 Å². The summed E-state index contributed by atoms with van der Waals surface area (Å²) in [6.07, 6.45) is 1.62. The second-order valence-corrected chi connectivity index (χ2v) is 4.95. The average molecular weight is 236 g/mol. The van der Waals surface area contributed by atoms with Crippen LogP contribution in [0.5, 0.6) is 0 Å². The van der Waals surface area contributed by atoms with Gasteiger partial charge in [0.15, 0.2) is 0 Å². The van der Waals surface area contributed by atoms with E-state index in [1.165, 1.54) is 0 Å². The molecule has 0 radical (unpaired) electrons. The van der Waals surface area contributed by atoms with E-state index < -0.39 is 0 Å². The molecule has 16 heavy (non-hydrogen) atoms. The van der Waals surface area contributed by atoms with Crippen molar-refractivity contribution < 1.29 is 0 Å². The topological polar surface area (TPSA) is 55.0 Å². The first-order valence-corrected chi connectivity index (χ1v) is 6.19. The molecule has 2 aromatic heterocycles. The van der Waals surface area contributed by atoms with Crippen LogP contribution in [0.1, 0.15) is 6.92 Å². The standard InChI is InChI=1S/C11H16N4S/c1-8(5-12)6-15(2)10-9-3-4-16-11(9)14-7-13-10/h3-4,7-8H,5-6,12H2,1-2H3. The number of aromatic nitrogens is 2. The van der Waals surface area contributed by atoms with Gasteiger partial charge in [-0.1, -0.05) is 6.92 Å². The van der Waals surface area contributed by atoms with Gasteiger partial charge >= 0.3 is 0 Å². The number of nitrogens with two attached hydrogens (primary N) is 1. The summed E-state index contributed by atoms with van der Waals surface area (Å²) >= 11 is 1.64. The lowest BCUT2D eigenvalue weighted by molar-refractivity contribution is 0.588. The minimum absolute atomic E-state index is 0.466. The van der Waals surface area contributed by atoms with Gasteiger partial charge in [0, 0.05) is 13.6 Å². The molecule has 0 saturated heterocycles. The molecule has 0 aliphatic heterocycles. The van der Waals surface area contributed by atoms with Crippen LogP contribution in [0.2, 0.25) is 0 Å². The maximum absolute atomic E-state index is 5.63. The van der Waals surface area contributed by atoms with Gasteiger partial charge in [-0.05, 0) is 23.9 Å². The van der Waals surface area contributed by atoms with E-state index in [4.69, 9.17) is 5.73 Å². The number of anilines is 1. The molecule has 0 aromatic carbocycles. The Bertz CT molecular complexity index is 468. The molecule has 4 nitrogen and oxygen atoms in total. The molecule has 0 fully saturated rings. The smallest absolute Gasteiger partial charge is 0.140 e. The van der Waals surface area contributed by atoms with Gasteiger partial charge in [-0.3, -0.25) is 0 Å². The van der Waals surface area contributed by atoms with Crippen molar-refractivity contribution >= 4 is 27.4 Å². The summed E-state index contributed by atoms with van der Waals surface area (Å²) in [4.78, 5) is 11.8. The molecule has 0 aliphatic carbocycles. The van der Waals surface area contributed by atoms with Crippen molar-refractivity contribution in [3.05, 3.63) is 17.8 Å². The van der Waals surface area contributed by atoms with Gasteiger partial charge in [-0.15, -0.1) is 11.3 Å². The Morgan fingerprint density at radius 2 is 2.31 bits per heavy atom. The van der Waals surface area contributed by atoms with Gasteiger partial charge < -0.3 is 10.6 Å². The third kappa shape index (κ3) is 2.15. The summed E-state index contributed by atoms with van der Waals surface area (Å²) in [7, 11) is 2.05. The van der Waals surface area contributed by atoms with Crippen LogP contribution in [0.4, 0.5) is 5.82 Å². The Kier molecular flexibility index (Phi) is 3.36. The fraction of sp³-hybridized carbons (Fsp3) is 0.455. The lowest BCUT2D eigenvalue weighted by Gasteiger charge is -2.21. The third-order valence-corrected chi connectivity index (χ3v) is 3.41. The predicted octanol–water partition coefficient (Wildman–Crippen LogP) is 1.72. The van der Waals surface area contributed by atoms with Gasteiger partial charge in [0.25, 0.3) is 0 Å². The molecule has 2 N–H and O–H groups in total. The van der Waals surface area contributed by atoms with E-state index in [9.17, 15) is 0 Å². The molecule has 0 saturated carbocycles. The highest BCUT2D eigenvalue weighted by molar-refractivity contribution is 7.16. The van der Waals surface area contributed by atoms with Gasteiger partial charge in [0.2, 0.25) is 0 Å². The molecule has 5 heteroatoms. The van der Waals surface area contributed by atoms with Crippen LogP contribution in [0, 0.1) is 5.92 Å². The highest BCUT2D eigenvalue weighted by Crippen LogP contribution is 2.26. The largest absolute Gasteiger partial charge is 0.359 e. The average Bonchev–Trinajstić information content (AvgIpc) is 2.76. The molecular formula is C11H16N4S. The van der Waals surface area contributed by atoms with Crippen molar-refractivity contribution in [2.45, 2.75) is 6.92 Å². The minimum Gasteiger partial charge on any atom is -0.359 e. The van der Waals surface area contributed by atoms with E-state index in [-0.39, 0.29) is 0 Å². The molecule has 2 heterocycles. The van der Waals surface area contributed by atoms with E-state index in [1.54, 1.807) is 17.7 Å². The number of rotatable bonds is 4. The van der Waals surface area contributed by atoms with Crippen LogP contribution < -0.4 is 10.6 Å². The van der Waals surface area contributed by atoms with E-state index in [0.29, 0.717) is 12.5 Å². The Morgan fingerprint density at radius 3 is 3.06 bits per heavy atom. The van der Waals surface area contributed by atoms with E-state index in [0.717, 1.165) is 22.6 Å². The van der Waals surface area contributed by atoms with Crippen molar-refractivity contribution in [1.82, 2.24) is 9.97 Å². The second-order valence-electron chi connectivity index (χ2n) is 4.06. The summed E-state index contributed by atoms with van der Waals surface area (Å²) in [5.74, 6) is 1.46. The monoisotopic (exact) mass is 236 g/mol. The molecule has 2 rings (SSSR count). The van der Waals surface area contributed by atoms with Crippen molar-refractivity contribution in [2.24, 2.45) is 11.7 Å². The van der Waals surface area contributed by atoms with Gasteiger partial charge in [-0.25, -0.2) is 9.97 Å². The summed E-state index contributed by atoms with van der Waals surface area (Å²) in [5.41, 5.74) is 5.63. The van der Waals surface area contributed by atoms with Gasteiger partial charge in [-0.2, -0.15) is 0 Å². The summed E-state index contributed by atoms with van der Waals surface area (Å²) in [6, 6.07) is 2.07. The first-order chi connectivity index (χ1) is 7.72. The third-order valence-electron chi connectivity index (χ3n) is 2.59. The van der Waals surface area contributed by atoms with Crippen LogP contribution in [0.15, 0.2) is 17.8 Å². The van der Waals surface area contributed by atoms with E-state index in [2.05, 4.69) is 27.9 Å². The first-order valence-electron chi connectivity index (χ1n) is 5.31. The Hall–Kier alpha value is -1.20. The number of fused-ring (bicyclic) bond motifs is 1. The zero-order valence-electron chi connectivity index (χ0n) is 9.55. The Balaban J connectivity index is 2.28. The van der Waals surface area contributed by atoms with Crippen molar-refractivity contribution in [2.75, 3.05) is 25.0 Å². The maximum atomic E-state index is 5.63. The number of hydrogen-bond donors (Lipinski definition) is 1. The van der Waals surface area contributed by atoms with Crippen LogP contribution >= 0.6 is 11.3 Å². The fourth-order valence-corrected chi connectivity index (χ4v) is 2.44. The zero-order valence-corrected chi connectivity index (χ0v) is 10.4. The molecular weight excluding hydrogens is 220 g/mol. The first kappa shape index (κ1) is 11.3. The minimum atomic E-state index is 0.466. The summed E-state index contributed by atoms with van der Waals surface area (Å²) in [6.45, 7) is 3.75. The Morgan fingerprint density at radius 1 is 1.50 bits per heavy atom. The second kappa shape index (κ2) is 4.76. The SMILES string of the molecule is CC(CN)CN(C)c1ncnc2sccc12. The van der Waals surface area contributed by atoms with Crippen LogP contribution in [0.3, 0.4) is 0 Å². The van der Waals surface area contributed by atoms with Gasteiger partial charge in [0.05, 0.1) is 5.39 Å².